The fraction of sp³-hybridized carbons (Fsp3) is 0.278. The molecule has 0 fully saturated rings. The largest absolute Gasteiger partial charge is 0.357 e. The van der Waals surface area contributed by atoms with Gasteiger partial charge >= 0.3 is 0 Å². The first-order chi connectivity index (χ1) is 12.3. The highest BCUT2D eigenvalue weighted by Crippen LogP contribution is 2.08. The fourth-order valence-corrected chi connectivity index (χ4v) is 3.08. The van der Waals surface area contributed by atoms with Crippen LogP contribution in [-0.4, -0.2) is 27.3 Å². The molecule has 130 valence electrons. The maximum Gasteiger partial charge on any atom is 0.191 e. The predicted molar refractivity (Wildman–Crippen MR) is 102 cm³/mol. The summed E-state index contributed by atoms with van der Waals surface area (Å²) in [7, 11) is 0. The summed E-state index contributed by atoms with van der Waals surface area (Å²) in [6, 6.07) is 10.6. The normalized spacial score (nSPS) is 11.5. The van der Waals surface area contributed by atoms with Crippen LogP contribution in [0.3, 0.4) is 0 Å². The van der Waals surface area contributed by atoms with Crippen molar-refractivity contribution < 1.29 is 0 Å². The lowest BCUT2D eigenvalue weighted by Gasteiger charge is -2.12. The van der Waals surface area contributed by atoms with Crippen molar-refractivity contribution in [3.05, 3.63) is 70.4 Å². The lowest BCUT2D eigenvalue weighted by molar-refractivity contribution is 0.683. The summed E-state index contributed by atoms with van der Waals surface area (Å²) in [6.45, 7) is 5.04. The molecular formula is C18H22N6S. The van der Waals surface area contributed by atoms with Crippen molar-refractivity contribution in [3.8, 4) is 0 Å². The zero-order chi connectivity index (χ0) is 17.3. The summed E-state index contributed by atoms with van der Waals surface area (Å²) in [4.78, 5) is 8.61. The Labute approximate surface area is 151 Å². The zero-order valence-electron chi connectivity index (χ0n) is 14.2. The van der Waals surface area contributed by atoms with Gasteiger partial charge in [0.1, 0.15) is 12.7 Å². The van der Waals surface area contributed by atoms with Crippen LogP contribution in [0.15, 0.2) is 58.7 Å². The summed E-state index contributed by atoms with van der Waals surface area (Å²) in [5.74, 6) is 0.829. The van der Waals surface area contributed by atoms with Crippen molar-refractivity contribution in [2.45, 2.75) is 26.6 Å². The number of nitrogens with one attached hydrogen (secondary N) is 2. The zero-order valence-corrected chi connectivity index (χ0v) is 15.0. The second kappa shape index (κ2) is 8.98. The Kier molecular flexibility index (Phi) is 6.17. The van der Waals surface area contributed by atoms with Crippen molar-refractivity contribution in [3.63, 3.8) is 0 Å². The smallest absolute Gasteiger partial charge is 0.191 e. The average Bonchev–Trinajstić information content (AvgIpc) is 3.31. The van der Waals surface area contributed by atoms with Gasteiger partial charge in [-0.2, -0.15) is 16.4 Å². The Hall–Kier alpha value is -2.67. The second-order valence-electron chi connectivity index (χ2n) is 5.59. The molecule has 0 spiro atoms. The van der Waals surface area contributed by atoms with E-state index in [1.54, 1.807) is 24.0 Å². The number of thiophene rings is 1. The van der Waals surface area contributed by atoms with E-state index in [-0.39, 0.29) is 0 Å². The van der Waals surface area contributed by atoms with Gasteiger partial charge in [-0.3, -0.25) is 0 Å². The first kappa shape index (κ1) is 17.2. The summed E-state index contributed by atoms with van der Waals surface area (Å²) >= 11 is 1.70. The molecule has 0 aliphatic heterocycles. The first-order valence-electron chi connectivity index (χ1n) is 8.27. The van der Waals surface area contributed by atoms with Gasteiger partial charge in [-0.15, -0.1) is 0 Å². The van der Waals surface area contributed by atoms with Crippen molar-refractivity contribution >= 4 is 17.3 Å². The van der Waals surface area contributed by atoms with E-state index < -0.39 is 0 Å². The highest BCUT2D eigenvalue weighted by Gasteiger charge is 2.01. The first-order valence-corrected chi connectivity index (χ1v) is 9.21. The van der Waals surface area contributed by atoms with Gasteiger partial charge in [0.25, 0.3) is 0 Å². The second-order valence-corrected chi connectivity index (χ2v) is 6.37. The maximum atomic E-state index is 4.63. The van der Waals surface area contributed by atoms with Crippen LogP contribution >= 0.6 is 11.3 Å². The maximum absolute atomic E-state index is 4.63. The Morgan fingerprint density at radius 1 is 1.20 bits per heavy atom. The van der Waals surface area contributed by atoms with Gasteiger partial charge < -0.3 is 10.6 Å². The third kappa shape index (κ3) is 5.42. The van der Waals surface area contributed by atoms with Crippen molar-refractivity contribution in [1.29, 1.82) is 0 Å². The molecule has 1 aromatic carbocycles. The summed E-state index contributed by atoms with van der Waals surface area (Å²) in [5, 5.41) is 15.0. The Morgan fingerprint density at radius 2 is 2.12 bits per heavy atom. The fourth-order valence-electron chi connectivity index (χ4n) is 2.42. The summed E-state index contributed by atoms with van der Waals surface area (Å²) in [5.41, 5.74) is 3.64. The lowest BCUT2D eigenvalue weighted by Crippen LogP contribution is -2.36. The van der Waals surface area contributed by atoms with Gasteiger partial charge in [0.05, 0.1) is 13.1 Å². The van der Waals surface area contributed by atoms with Crippen molar-refractivity contribution in [2.24, 2.45) is 4.99 Å². The standard InChI is InChI=1S/C18H22N6S/c1-2-20-18(22-10-17-6-7-25-12-17)21-9-15-4-3-5-16(8-15)11-24-14-19-13-23-24/h3-8,12-14H,2,9-11H2,1H3,(H2,20,21,22). The van der Waals surface area contributed by atoms with Crippen LogP contribution in [0.1, 0.15) is 23.6 Å². The number of hydrogen-bond acceptors (Lipinski definition) is 4. The number of nitrogens with zero attached hydrogens (tertiary/aromatic N) is 4. The molecule has 0 bridgehead atoms. The van der Waals surface area contributed by atoms with E-state index in [0.29, 0.717) is 6.54 Å². The lowest BCUT2D eigenvalue weighted by atomic mass is 10.1. The van der Waals surface area contributed by atoms with Crippen molar-refractivity contribution in [2.75, 3.05) is 6.54 Å². The molecule has 7 heteroatoms. The average molecular weight is 354 g/mol. The molecule has 2 heterocycles. The van der Waals surface area contributed by atoms with Crippen LogP contribution in [0.4, 0.5) is 0 Å². The quantitative estimate of drug-likeness (QED) is 0.506. The molecule has 0 atom stereocenters. The molecule has 3 aromatic rings. The van der Waals surface area contributed by atoms with Crippen LogP contribution in [0.2, 0.25) is 0 Å². The molecule has 0 aliphatic rings. The molecule has 0 saturated heterocycles. The molecule has 25 heavy (non-hydrogen) atoms. The van der Waals surface area contributed by atoms with Crippen molar-refractivity contribution in [1.82, 2.24) is 25.4 Å². The molecule has 2 aromatic heterocycles. The van der Waals surface area contributed by atoms with Crippen LogP contribution < -0.4 is 10.6 Å². The molecule has 0 unspecified atom stereocenters. The summed E-state index contributed by atoms with van der Waals surface area (Å²) < 4.78 is 1.82. The Morgan fingerprint density at radius 3 is 2.88 bits per heavy atom. The summed E-state index contributed by atoms with van der Waals surface area (Å²) in [6.07, 6.45) is 3.28. The van der Waals surface area contributed by atoms with Crippen LogP contribution in [0, 0.1) is 0 Å². The number of guanidine groups is 1. The number of aliphatic imine (C=N–C) groups is 1. The number of rotatable bonds is 7. The van der Waals surface area contributed by atoms with Gasteiger partial charge in [-0.05, 0) is 40.4 Å². The molecule has 6 nitrogen and oxygen atoms in total. The molecule has 0 amide bonds. The van der Waals surface area contributed by atoms with E-state index in [2.05, 4.69) is 73.7 Å². The van der Waals surface area contributed by atoms with E-state index in [1.807, 2.05) is 4.68 Å². The van der Waals surface area contributed by atoms with Gasteiger partial charge in [0.15, 0.2) is 5.96 Å². The third-order valence-corrected chi connectivity index (χ3v) is 4.34. The van der Waals surface area contributed by atoms with E-state index in [0.717, 1.165) is 25.6 Å². The minimum Gasteiger partial charge on any atom is -0.357 e. The van der Waals surface area contributed by atoms with Crippen LogP contribution in [-0.2, 0) is 19.6 Å². The molecule has 0 aliphatic carbocycles. The van der Waals surface area contributed by atoms with Crippen LogP contribution in [0.5, 0.6) is 0 Å². The molecule has 2 N–H and O–H groups in total. The van der Waals surface area contributed by atoms with Gasteiger partial charge in [0, 0.05) is 13.1 Å². The highest BCUT2D eigenvalue weighted by atomic mass is 32.1. The minimum atomic E-state index is 0.686. The molecule has 0 radical (unpaired) electrons. The molecule has 3 rings (SSSR count). The van der Waals surface area contributed by atoms with E-state index >= 15 is 0 Å². The number of aromatic nitrogens is 3. The van der Waals surface area contributed by atoms with Gasteiger partial charge in [-0.25, -0.2) is 14.7 Å². The van der Waals surface area contributed by atoms with E-state index in [1.165, 1.54) is 16.7 Å². The number of hydrogen-bond donors (Lipinski definition) is 2. The van der Waals surface area contributed by atoms with Gasteiger partial charge in [0.2, 0.25) is 0 Å². The topological polar surface area (TPSA) is 67.1 Å². The van der Waals surface area contributed by atoms with E-state index in [9.17, 15) is 0 Å². The van der Waals surface area contributed by atoms with Gasteiger partial charge in [-0.1, -0.05) is 24.3 Å². The monoisotopic (exact) mass is 354 g/mol. The van der Waals surface area contributed by atoms with Crippen LogP contribution in [0.25, 0.3) is 0 Å². The SMILES string of the molecule is CCNC(=NCc1ccsc1)NCc1cccc(Cn2cncn2)c1. The molecular weight excluding hydrogens is 332 g/mol. The molecule has 0 saturated carbocycles. The minimum absolute atomic E-state index is 0.686. The highest BCUT2D eigenvalue weighted by molar-refractivity contribution is 7.07. The number of benzene rings is 1. The Balaban J connectivity index is 1.59. The predicted octanol–water partition coefficient (Wildman–Crippen LogP) is 2.64. The van der Waals surface area contributed by atoms with E-state index in [4.69, 9.17) is 0 Å². The third-order valence-electron chi connectivity index (χ3n) is 3.61. The Bertz CT molecular complexity index is 780.